The second-order valence-corrected chi connectivity index (χ2v) is 5.61. The van der Waals surface area contributed by atoms with E-state index in [1.165, 1.54) is 11.1 Å². The molecule has 2 N–H and O–H groups in total. The minimum absolute atomic E-state index is 0.236. The maximum Gasteiger partial charge on any atom is 0.122 e. The molecule has 1 unspecified atom stereocenters. The van der Waals surface area contributed by atoms with Gasteiger partial charge in [-0.1, -0.05) is 12.1 Å². The summed E-state index contributed by atoms with van der Waals surface area (Å²) in [6.45, 7) is 7.55. The molecule has 1 aliphatic rings. The van der Waals surface area contributed by atoms with E-state index >= 15 is 0 Å². The number of rotatable bonds is 5. The van der Waals surface area contributed by atoms with Crippen LogP contribution in [0.25, 0.3) is 0 Å². The molecular weight excluding hydrogens is 226 g/mol. The first-order valence-corrected chi connectivity index (χ1v) is 6.67. The zero-order valence-corrected chi connectivity index (χ0v) is 11.5. The topological polar surface area (TPSA) is 41.5 Å². The second-order valence-electron chi connectivity index (χ2n) is 5.61. The lowest BCUT2D eigenvalue weighted by molar-refractivity contribution is 0.0973. The van der Waals surface area contributed by atoms with Crippen molar-refractivity contribution >= 4 is 0 Å². The molecule has 0 spiro atoms. The molecule has 2 rings (SSSR count). The molecule has 1 aliphatic heterocycles. The van der Waals surface area contributed by atoms with Crippen LogP contribution < -0.4 is 10.1 Å². The Morgan fingerprint density at radius 2 is 2.22 bits per heavy atom. The van der Waals surface area contributed by atoms with E-state index < -0.39 is 0 Å². The first-order chi connectivity index (χ1) is 8.49. The normalized spacial score (nSPS) is 16.2. The van der Waals surface area contributed by atoms with Crippen molar-refractivity contribution in [1.82, 2.24) is 5.32 Å². The first kappa shape index (κ1) is 13.4. The third-order valence-electron chi connectivity index (χ3n) is 3.79. The summed E-state index contributed by atoms with van der Waals surface area (Å²) in [5.41, 5.74) is 2.41. The maximum atomic E-state index is 9.63. The van der Waals surface area contributed by atoms with Gasteiger partial charge >= 0.3 is 0 Å². The molecule has 0 saturated carbocycles. The van der Waals surface area contributed by atoms with Crippen LogP contribution in [0.1, 0.15) is 31.9 Å². The lowest BCUT2D eigenvalue weighted by Gasteiger charge is -2.29. The monoisotopic (exact) mass is 249 g/mol. The fraction of sp³-hybridized carbons (Fsp3) is 0.600. The SMILES string of the molecule is CC(O)C(C)(C)NCCc1ccc2c(c1)CCO2. The van der Waals surface area contributed by atoms with Crippen molar-refractivity contribution in [2.24, 2.45) is 0 Å². The summed E-state index contributed by atoms with van der Waals surface area (Å²) in [7, 11) is 0. The van der Waals surface area contributed by atoms with Crippen molar-refractivity contribution in [3.8, 4) is 5.75 Å². The van der Waals surface area contributed by atoms with Crippen LogP contribution in [0.3, 0.4) is 0 Å². The van der Waals surface area contributed by atoms with Gasteiger partial charge in [-0.2, -0.15) is 0 Å². The van der Waals surface area contributed by atoms with E-state index in [2.05, 4.69) is 23.5 Å². The van der Waals surface area contributed by atoms with Crippen molar-refractivity contribution in [1.29, 1.82) is 0 Å². The summed E-state index contributed by atoms with van der Waals surface area (Å²) < 4.78 is 5.49. The van der Waals surface area contributed by atoms with E-state index in [9.17, 15) is 5.11 Å². The molecule has 0 aromatic heterocycles. The third-order valence-corrected chi connectivity index (χ3v) is 3.79. The molecule has 3 nitrogen and oxygen atoms in total. The molecule has 1 aromatic carbocycles. The van der Waals surface area contributed by atoms with Crippen molar-refractivity contribution in [3.05, 3.63) is 29.3 Å². The van der Waals surface area contributed by atoms with Crippen LogP contribution in [0.2, 0.25) is 0 Å². The van der Waals surface area contributed by atoms with Gasteiger partial charge in [0.25, 0.3) is 0 Å². The number of aliphatic hydroxyl groups excluding tert-OH is 1. The smallest absolute Gasteiger partial charge is 0.122 e. The van der Waals surface area contributed by atoms with Crippen molar-refractivity contribution in [2.45, 2.75) is 45.3 Å². The van der Waals surface area contributed by atoms with Gasteiger partial charge in [-0.15, -0.1) is 0 Å². The van der Waals surface area contributed by atoms with Gasteiger partial charge in [-0.3, -0.25) is 0 Å². The molecule has 0 amide bonds. The average molecular weight is 249 g/mol. The Morgan fingerprint density at radius 1 is 1.44 bits per heavy atom. The number of fused-ring (bicyclic) bond motifs is 1. The van der Waals surface area contributed by atoms with E-state index in [0.717, 1.165) is 31.7 Å². The molecule has 100 valence electrons. The molecule has 0 radical (unpaired) electrons. The van der Waals surface area contributed by atoms with Crippen LogP contribution >= 0.6 is 0 Å². The highest BCUT2D eigenvalue weighted by atomic mass is 16.5. The predicted octanol–water partition coefficient (Wildman–Crippen LogP) is 1.91. The molecule has 0 saturated heterocycles. The highest BCUT2D eigenvalue weighted by molar-refractivity contribution is 5.39. The number of hydrogen-bond acceptors (Lipinski definition) is 3. The number of nitrogens with one attached hydrogen (secondary N) is 1. The Bertz CT molecular complexity index is 413. The summed E-state index contributed by atoms with van der Waals surface area (Å²) in [5, 5.41) is 13.0. The van der Waals surface area contributed by atoms with Crippen LogP contribution in [-0.2, 0) is 12.8 Å². The van der Waals surface area contributed by atoms with Gasteiger partial charge in [0, 0.05) is 12.0 Å². The molecular formula is C15H23NO2. The number of ether oxygens (including phenoxy) is 1. The van der Waals surface area contributed by atoms with Crippen LogP contribution in [0, 0.1) is 0 Å². The maximum absolute atomic E-state index is 9.63. The lowest BCUT2D eigenvalue weighted by atomic mass is 9.98. The third kappa shape index (κ3) is 3.03. The fourth-order valence-electron chi connectivity index (χ4n) is 2.07. The largest absolute Gasteiger partial charge is 0.493 e. The van der Waals surface area contributed by atoms with E-state index in [0.29, 0.717) is 0 Å². The Morgan fingerprint density at radius 3 is 2.94 bits per heavy atom. The van der Waals surface area contributed by atoms with Crippen molar-refractivity contribution in [3.63, 3.8) is 0 Å². The first-order valence-electron chi connectivity index (χ1n) is 6.67. The molecule has 18 heavy (non-hydrogen) atoms. The quantitative estimate of drug-likeness (QED) is 0.837. The molecule has 1 atom stereocenters. The van der Waals surface area contributed by atoms with Crippen molar-refractivity contribution < 1.29 is 9.84 Å². The van der Waals surface area contributed by atoms with Crippen LogP contribution in [-0.4, -0.2) is 29.9 Å². The minimum atomic E-state index is -0.356. The van der Waals surface area contributed by atoms with Crippen LogP contribution in [0.4, 0.5) is 0 Å². The van der Waals surface area contributed by atoms with Crippen LogP contribution in [0.5, 0.6) is 5.75 Å². The zero-order chi connectivity index (χ0) is 13.2. The number of aliphatic hydroxyl groups is 1. The molecule has 0 bridgehead atoms. The number of hydrogen-bond donors (Lipinski definition) is 2. The molecule has 1 heterocycles. The Kier molecular flexibility index (Phi) is 3.93. The van der Waals surface area contributed by atoms with E-state index in [4.69, 9.17) is 4.74 Å². The fourth-order valence-corrected chi connectivity index (χ4v) is 2.07. The summed E-state index contributed by atoms with van der Waals surface area (Å²) in [4.78, 5) is 0. The van der Waals surface area contributed by atoms with Gasteiger partial charge in [0.15, 0.2) is 0 Å². The lowest BCUT2D eigenvalue weighted by Crippen LogP contribution is -2.48. The molecule has 3 heteroatoms. The van der Waals surface area contributed by atoms with Crippen molar-refractivity contribution in [2.75, 3.05) is 13.2 Å². The summed E-state index contributed by atoms with van der Waals surface area (Å²) in [5.74, 6) is 1.04. The van der Waals surface area contributed by atoms with Crippen LogP contribution in [0.15, 0.2) is 18.2 Å². The van der Waals surface area contributed by atoms with Gasteiger partial charge < -0.3 is 15.2 Å². The standard InChI is InChI=1S/C15H23NO2/c1-11(17)15(2,3)16-8-6-12-4-5-14-13(10-12)7-9-18-14/h4-5,10-11,16-17H,6-9H2,1-3H3. The highest BCUT2D eigenvalue weighted by Gasteiger charge is 2.22. The molecule has 0 fully saturated rings. The molecule has 0 aliphatic carbocycles. The van der Waals surface area contributed by atoms with Gasteiger partial charge in [0.1, 0.15) is 5.75 Å². The second kappa shape index (κ2) is 5.29. The van der Waals surface area contributed by atoms with Gasteiger partial charge in [-0.05, 0) is 50.9 Å². The highest BCUT2D eigenvalue weighted by Crippen LogP contribution is 2.25. The summed E-state index contributed by atoms with van der Waals surface area (Å²) in [6.07, 6.45) is 1.64. The minimum Gasteiger partial charge on any atom is -0.493 e. The van der Waals surface area contributed by atoms with Gasteiger partial charge in [-0.25, -0.2) is 0 Å². The Hall–Kier alpha value is -1.06. The summed E-state index contributed by atoms with van der Waals surface area (Å²) >= 11 is 0. The average Bonchev–Trinajstić information content (AvgIpc) is 2.75. The predicted molar refractivity (Wildman–Crippen MR) is 73.1 cm³/mol. The Labute approximate surface area is 109 Å². The molecule has 1 aromatic rings. The van der Waals surface area contributed by atoms with Gasteiger partial charge in [0.2, 0.25) is 0 Å². The number of benzene rings is 1. The zero-order valence-electron chi connectivity index (χ0n) is 11.5. The Balaban J connectivity index is 1.87. The van der Waals surface area contributed by atoms with Gasteiger partial charge in [0.05, 0.1) is 12.7 Å². The van der Waals surface area contributed by atoms with E-state index in [1.807, 2.05) is 20.8 Å². The summed E-state index contributed by atoms with van der Waals surface area (Å²) in [6, 6.07) is 6.43. The van der Waals surface area contributed by atoms with E-state index in [1.54, 1.807) is 0 Å². The van der Waals surface area contributed by atoms with E-state index in [-0.39, 0.29) is 11.6 Å².